The highest BCUT2D eigenvalue weighted by Crippen LogP contribution is 2.15. The minimum atomic E-state index is -1.07. The van der Waals surface area contributed by atoms with Crippen LogP contribution >= 0.6 is 11.6 Å². The van der Waals surface area contributed by atoms with Crippen molar-refractivity contribution in [3.63, 3.8) is 0 Å². The van der Waals surface area contributed by atoms with E-state index in [0.717, 1.165) is 5.56 Å². The van der Waals surface area contributed by atoms with Crippen LogP contribution in [0.15, 0.2) is 30.5 Å². The lowest BCUT2D eigenvalue weighted by atomic mass is 10.1. The number of aromatic carboxylic acids is 1. The van der Waals surface area contributed by atoms with Gasteiger partial charge in [0.25, 0.3) is 0 Å². The van der Waals surface area contributed by atoms with Gasteiger partial charge >= 0.3 is 5.97 Å². The Balaban J connectivity index is 1.82. The van der Waals surface area contributed by atoms with Crippen molar-refractivity contribution in [3.8, 4) is 0 Å². The summed E-state index contributed by atoms with van der Waals surface area (Å²) >= 11 is 5.84. The summed E-state index contributed by atoms with van der Waals surface area (Å²) in [5.74, 6) is -1.07. The van der Waals surface area contributed by atoms with Crippen LogP contribution in [0.25, 0.3) is 0 Å². The van der Waals surface area contributed by atoms with Gasteiger partial charge in [-0.25, -0.2) is 4.79 Å². The first kappa shape index (κ1) is 14.5. The highest BCUT2D eigenvalue weighted by molar-refractivity contribution is 6.30. The van der Waals surface area contributed by atoms with Gasteiger partial charge in [0, 0.05) is 17.6 Å². The third-order valence-electron chi connectivity index (χ3n) is 2.92. The minimum Gasteiger partial charge on any atom is -0.476 e. The number of halogens is 1. The summed E-state index contributed by atoms with van der Waals surface area (Å²) in [4.78, 5) is 10.7. The monoisotopic (exact) mass is 294 g/mol. The predicted octanol–water partition coefficient (Wildman–Crippen LogP) is 1.98. The van der Waals surface area contributed by atoms with E-state index in [1.165, 1.54) is 10.9 Å². The Hall–Kier alpha value is -1.92. The van der Waals surface area contributed by atoms with Gasteiger partial charge in [0.05, 0.1) is 12.7 Å². The fourth-order valence-corrected chi connectivity index (χ4v) is 1.90. The van der Waals surface area contributed by atoms with Crippen LogP contribution in [-0.4, -0.2) is 32.6 Å². The number of rotatable bonds is 6. The molecule has 0 aliphatic rings. The van der Waals surface area contributed by atoms with Gasteiger partial charge in [-0.15, -0.1) is 5.10 Å². The van der Waals surface area contributed by atoms with E-state index < -0.39 is 5.97 Å². The molecule has 6 nitrogen and oxygen atoms in total. The summed E-state index contributed by atoms with van der Waals surface area (Å²) in [7, 11) is 0. The van der Waals surface area contributed by atoms with Crippen molar-refractivity contribution in [2.75, 3.05) is 6.54 Å². The molecule has 0 saturated carbocycles. The summed E-state index contributed by atoms with van der Waals surface area (Å²) in [6.07, 6.45) is 1.41. The van der Waals surface area contributed by atoms with Gasteiger partial charge in [-0.05, 0) is 24.6 Å². The summed E-state index contributed by atoms with van der Waals surface area (Å²) in [5.41, 5.74) is 1.09. The van der Waals surface area contributed by atoms with Crippen molar-refractivity contribution in [1.29, 1.82) is 0 Å². The van der Waals surface area contributed by atoms with Crippen LogP contribution in [0.5, 0.6) is 0 Å². The summed E-state index contributed by atoms with van der Waals surface area (Å²) in [6, 6.07) is 7.82. The maximum absolute atomic E-state index is 10.7. The first-order chi connectivity index (χ1) is 9.56. The van der Waals surface area contributed by atoms with E-state index >= 15 is 0 Å². The molecule has 0 saturated heterocycles. The molecule has 0 amide bonds. The molecular formula is C13H15ClN4O2. The Kier molecular flexibility index (Phi) is 4.70. The molecule has 0 aliphatic carbocycles. The van der Waals surface area contributed by atoms with Crippen molar-refractivity contribution in [1.82, 2.24) is 20.3 Å². The topological polar surface area (TPSA) is 80.0 Å². The van der Waals surface area contributed by atoms with Crippen LogP contribution in [-0.2, 0) is 6.54 Å². The molecule has 7 heteroatoms. The second-order valence-corrected chi connectivity index (χ2v) is 4.84. The number of nitrogens with zero attached hydrogens (tertiary/aromatic N) is 3. The molecule has 2 N–H and O–H groups in total. The molecule has 0 spiro atoms. The van der Waals surface area contributed by atoms with Gasteiger partial charge in [0.15, 0.2) is 5.69 Å². The van der Waals surface area contributed by atoms with Gasteiger partial charge in [0.1, 0.15) is 0 Å². The molecule has 20 heavy (non-hydrogen) atoms. The molecule has 2 rings (SSSR count). The van der Waals surface area contributed by atoms with Crippen molar-refractivity contribution in [3.05, 3.63) is 46.7 Å². The fraction of sp³-hybridized carbons (Fsp3) is 0.308. The molecule has 2 aromatic rings. The van der Waals surface area contributed by atoms with Gasteiger partial charge in [-0.3, -0.25) is 4.68 Å². The number of carbonyl (C=O) groups is 1. The van der Waals surface area contributed by atoms with Gasteiger partial charge < -0.3 is 10.4 Å². The average Bonchev–Trinajstić information content (AvgIpc) is 2.88. The molecule has 0 fully saturated rings. The largest absolute Gasteiger partial charge is 0.476 e. The number of carboxylic acid groups (broad SMARTS) is 1. The maximum atomic E-state index is 10.7. The molecule has 0 radical (unpaired) electrons. The molecular weight excluding hydrogens is 280 g/mol. The summed E-state index contributed by atoms with van der Waals surface area (Å²) < 4.78 is 1.50. The first-order valence-electron chi connectivity index (χ1n) is 6.18. The third kappa shape index (κ3) is 3.79. The highest BCUT2D eigenvalue weighted by Gasteiger charge is 2.08. The zero-order valence-corrected chi connectivity index (χ0v) is 11.7. The van der Waals surface area contributed by atoms with Crippen LogP contribution in [0.3, 0.4) is 0 Å². The van der Waals surface area contributed by atoms with Crippen molar-refractivity contribution in [2.45, 2.75) is 19.5 Å². The van der Waals surface area contributed by atoms with E-state index in [1.807, 2.05) is 31.2 Å². The molecule has 1 atom stereocenters. The SMILES string of the molecule is C[C@H](NCCn1cc(C(=O)O)nn1)c1ccc(Cl)cc1. The van der Waals surface area contributed by atoms with E-state index in [2.05, 4.69) is 15.6 Å². The van der Waals surface area contributed by atoms with E-state index in [0.29, 0.717) is 18.1 Å². The van der Waals surface area contributed by atoms with Crippen molar-refractivity contribution in [2.24, 2.45) is 0 Å². The number of benzene rings is 1. The summed E-state index contributed by atoms with van der Waals surface area (Å²) in [6.45, 7) is 3.26. The van der Waals surface area contributed by atoms with Crippen molar-refractivity contribution < 1.29 is 9.90 Å². The zero-order chi connectivity index (χ0) is 14.5. The molecule has 1 aromatic heterocycles. The summed E-state index contributed by atoms with van der Waals surface area (Å²) in [5, 5.41) is 20.1. The molecule has 106 valence electrons. The van der Waals surface area contributed by atoms with Crippen LogP contribution in [0, 0.1) is 0 Å². The Morgan fingerprint density at radius 1 is 1.45 bits per heavy atom. The standard InChI is InChI=1S/C13H15ClN4O2/c1-9(10-2-4-11(14)5-3-10)15-6-7-18-8-12(13(19)20)16-17-18/h2-5,8-9,15H,6-7H2,1H3,(H,19,20)/t9-/m0/s1. The zero-order valence-electron chi connectivity index (χ0n) is 11.0. The lowest BCUT2D eigenvalue weighted by molar-refractivity contribution is 0.0690. The van der Waals surface area contributed by atoms with E-state index in [4.69, 9.17) is 16.7 Å². The smallest absolute Gasteiger partial charge is 0.358 e. The number of nitrogens with one attached hydrogen (secondary N) is 1. The molecule has 0 bridgehead atoms. The number of carboxylic acids is 1. The van der Waals surface area contributed by atoms with Crippen LogP contribution in [0.1, 0.15) is 29.0 Å². The Bertz CT molecular complexity index is 582. The van der Waals surface area contributed by atoms with Gasteiger partial charge in [0.2, 0.25) is 0 Å². The van der Waals surface area contributed by atoms with E-state index in [1.54, 1.807) is 0 Å². The van der Waals surface area contributed by atoms with Crippen LogP contribution in [0.2, 0.25) is 5.02 Å². The lowest BCUT2D eigenvalue weighted by Crippen LogP contribution is -2.23. The fourth-order valence-electron chi connectivity index (χ4n) is 1.77. The van der Waals surface area contributed by atoms with E-state index in [9.17, 15) is 4.79 Å². The van der Waals surface area contributed by atoms with Gasteiger partial charge in [-0.1, -0.05) is 28.9 Å². The van der Waals surface area contributed by atoms with Crippen LogP contribution in [0.4, 0.5) is 0 Å². The van der Waals surface area contributed by atoms with E-state index in [-0.39, 0.29) is 11.7 Å². The second kappa shape index (κ2) is 6.49. The second-order valence-electron chi connectivity index (χ2n) is 4.40. The van der Waals surface area contributed by atoms with Crippen LogP contribution < -0.4 is 5.32 Å². The van der Waals surface area contributed by atoms with Gasteiger partial charge in [-0.2, -0.15) is 0 Å². The third-order valence-corrected chi connectivity index (χ3v) is 3.17. The minimum absolute atomic E-state index is 0.0456. The normalized spacial score (nSPS) is 12.3. The number of aromatic nitrogens is 3. The first-order valence-corrected chi connectivity index (χ1v) is 6.56. The molecule has 1 heterocycles. The Morgan fingerprint density at radius 2 is 2.15 bits per heavy atom. The predicted molar refractivity (Wildman–Crippen MR) is 74.9 cm³/mol. The lowest BCUT2D eigenvalue weighted by Gasteiger charge is -2.14. The quantitative estimate of drug-likeness (QED) is 0.851. The Morgan fingerprint density at radius 3 is 2.75 bits per heavy atom. The maximum Gasteiger partial charge on any atom is 0.358 e. The number of hydrogen-bond donors (Lipinski definition) is 2. The Labute approximate surface area is 121 Å². The molecule has 0 aliphatic heterocycles. The van der Waals surface area contributed by atoms with Crippen molar-refractivity contribution >= 4 is 17.6 Å². The number of hydrogen-bond acceptors (Lipinski definition) is 4. The molecule has 0 unspecified atom stereocenters. The molecule has 1 aromatic carbocycles. The average molecular weight is 295 g/mol. The highest BCUT2D eigenvalue weighted by atomic mass is 35.5.